The monoisotopic (exact) mass is 356 g/mol. The number of carbonyl (C=O) groups is 1. The number of fused-ring (bicyclic) bond motifs is 1. The summed E-state index contributed by atoms with van der Waals surface area (Å²) < 4.78 is 2.07. The predicted octanol–water partition coefficient (Wildman–Crippen LogP) is 4.05. The Labute approximate surface area is 157 Å². The number of aryl methyl sites for hydroxylation is 1. The third-order valence-corrected chi connectivity index (χ3v) is 4.50. The molecule has 0 aliphatic rings. The smallest absolute Gasteiger partial charge is 0.251 e. The van der Waals surface area contributed by atoms with Crippen LogP contribution in [0.15, 0.2) is 72.9 Å². The van der Waals surface area contributed by atoms with Crippen molar-refractivity contribution in [3.05, 3.63) is 84.1 Å². The van der Waals surface area contributed by atoms with Gasteiger partial charge >= 0.3 is 0 Å². The Morgan fingerprint density at radius 2 is 1.89 bits per heavy atom. The maximum atomic E-state index is 12.6. The molecule has 0 fully saturated rings. The Kier molecular flexibility index (Phi) is 4.66. The first kappa shape index (κ1) is 17.0. The first-order valence-corrected chi connectivity index (χ1v) is 9.00. The number of hydrogen-bond acceptors (Lipinski definition) is 3. The molecule has 0 spiro atoms. The fraction of sp³-hybridized carbons (Fsp3) is 0.136. The molecule has 27 heavy (non-hydrogen) atoms. The average molecular weight is 356 g/mol. The Hall–Kier alpha value is -3.47. The number of aromatic nitrogens is 3. The highest BCUT2D eigenvalue weighted by Gasteiger charge is 2.14. The van der Waals surface area contributed by atoms with Crippen LogP contribution in [0.3, 0.4) is 0 Å². The van der Waals surface area contributed by atoms with Crippen molar-refractivity contribution in [2.24, 2.45) is 0 Å². The molecule has 1 amide bonds. The third kappa shape index (κ3) is 3.44. The Balaban J connectivity index is 1.62. The zero-order valence-corrected chi connectivity index (χ0v) is 15.1. The van der Waals surface area contributed by atoms with E-state index in [4.69, 9.17) is 4.98 Å². The molecule has 2 aromatic carbocycles. The van der Waals surface area contributed by atoms with Gasteiger partial charge in [-0.05, 0) is 36.8 Å². The second-order valence-corrected chi connectivity index (χ2v) is 6.27. The van der Waals surface area contributed by atoms with Crippen molar-refractivity contribution in [2.45, 2.75) is 20.0 Å². The van der Waals surface area contributed by atoms with Crippen molar-refractivity contribution in [1.82, 2.24) is 19.9 Å². The number of benzene rings is 2. The molecule has 134 valence electrons. The van der Waals surface area contributed by atoms with E-state index in [0.717, 1.165) is 34.7 Å². The maximum absolute atomic E-state index is 12.6. The van der Waals surface area contributed by atoms with Crippen LogP contribution in [0.4, 0.5) is 0 Å². The molecule has 0 saturated carbocycles. The Morgan fingerprint density at radius 1 is 1.04 bits per heavy atom. The topological polar surface area (TPSA) is 59.8 Å². The van der Waals surface area contributed by atoms with Crippen LogP contribution < -0.4 is 5.32 Å². The molecule has 0 bridgehead atoms. The van der Waals surface area contributed by atoms with Gasteiger partial charge in [0.1, 0.15) is 11.3 Å². The standard InChI is InChI=1S/C22H20N4O/c1-2-26-20(25-19-12-7-13-23-21(19)26)17-10-6-11-18(14-17)22(27)24-15-16-8-4-3-5-9-16/h3-14H,2,15H2,1H3,(H,24,27). The number of imidazole rings is 1. The van der Waals surface area contributed by atoms with Crippen molar-refractivity contribution in [2.75, 3.05) is 0 Å². The van der Waals surface area contributed by atoms with Gasteiger partial charge in [0.25, 0.3) is 5.91 Å². The van der Waals surface area contributed by atoms with Crippen LogP contribution in [0.5, 0.6) is 0 Å². The van der Waals surface area contributed by atoms with Gasteiger partial charge < -0.3 is 9.88 Å². The van der Waals surface area contributed by atoms with Gasteiger partial charge in [0.2, 0.25) is 0 Å². The number of rotatable bonds is 5. The molecule has 4 rings (SSSR count). The van der Waals surface area contributed by atoms with Crippen LogP contribution in [0, 0.1) is 0 Å². The number of pyridine rings is 1. The highest BCUT2D eigenvalue weighted by molar-refractivity contribution is 5.95. The normalized spacial score (nSPS) is 10.9. The minimum atomic E-state index is -0.0991. The highest BCUT2D eigenvalue weighted by atomic mass is 16.1. The van der Waals surface area contributed by atoms with E-state index in [0.29, 0.717) is 12.1 Å². The van der Waals surface area contributed by atoms with E-state index in [1.807, 2.05) is 66.7 Å². The minimum absolute atomic E-state index is 0.0991. The fourth-order valence-electron chi connectivity index (χ4n) is 3.16. The molecule has 5 nitrogen and oxygen atoms in total. The molecular formula is C22H20N4O. The van der Waals surface area contributed by atoms with Crippen LogP contribution in [0.2, 0.25) is 0 Å². The van der Waals surface area contributed by atoms with E-state index in [9.17, 15) is 4.79 Å². The van der Waals surface area contributed by atoms with Gasteiger partial charge in [-0.3, -0.25) is 4.79 Å². The maximum Gasteiger partial charge on any atom is 0.251 e. The molecule has 0 atom stereocenters. The van der Waals surface area contributed by atoms with Crippen molar-refractivity contribution < 1.29 is 4.79 Å². The summed E-state index contributed by atoms with van der Waals surface area (Å²) in [4.78, 5) is 21.7. The highest BCUT2D eigenvalue weighted by Crippen LogP contribution is 2.24. The SMILES string of the molecule is CCn1c(-c2cccc(C(=O)NCc3ccccc3)c2)nc2cccnc21. The number of amides is 1. The van der Waals surface area contributed by atoms with Crippen LogP contribution >= 0.6 is 0 Å². The zero-order valence-electron chi connectivity index (χ0n) is 15.1. The number of nitrogens with zero attached hydrogens (tertiary/aromatic N) is 3. The first-order valence-electron chi connectivity index (χ1n) is 9.00. The fourth-order valence-corrected chi connectivity index (χ4v) is 3.16. The minimum Gasteiger partial charge on any atom is -0.348 e. The van der Waals surface area contributed by atoms with Crippen LogP contribution in [0.25, 0.3) is 22.6 Å². The van der Waals surface area contributed by atoms with E-state index < -0.39 is 0 Å². The number of carbonyl (C=O) groups excluding carboxylic acids is 1. The van der Waals surface area contributed by atoms with E-state index in [1.165, 1.54) is 0 Å². The second-order valence-electron chi connectivity index (χ2n) is 6.27. The van der Waals surface area contributed by atoms with Crippen LogP contribution in [-0.4, -0.2) is 20.4 Å². The summed E-state index contributed by atoms with van der Waals surface area (Å²) in [7, 11) is 0. The number of nitrogens with one attached hydrogen (secondary N) is 1. The molecule has 2 heterocycles. The summed E-state index contributed by atoms with van der Waals surface area (Å²) in [6.07, 6.45) is 1.77. The predicted molar refractivity (Wildman–Crippen MR) is 106 cm³/mol. The molecule has 1 N–H and O–H groups in total. The zero-order chi connectivity index (χ0) is 18.6. The first-order chi connectivity index (χ1) is 13.3. The second kappa shape index (κ2) is 7.41. The molecule has 2 aromatic heterocycles. The van der Waals surface area contributed by atoms with Gasteiger partial charge in [0.05, 0.1) is 0 Å². The summed E-state index contributed by atoms with van der Waals surface area (Å²) in [5, 5.41) is 2.97. The quantitative estimate of drug-likeness (QED) is 0.587. The summed E-state index contributed by atoms with van der Waals surface area (Å²) in [5.74, 6) is 0.724. The lowest BCUT2D eigenvalue weighted by Crippen LogP contribution is -2.22. The molecule has 5 heteroatoms. The van der Waals surface area contributed by atoms with E-state index in [1.54, 1.807) is 6.20 Å². The molecular weight excluding hydrogens is 336 g/mol. The molecule has 0 aliphatic heterocycles. The van der Waals surface area contributed by atoms with Crippen molar-refractivity contribution in [1.29, 1.82) is 0 Å². The summed E-state index contributed by atoms with van der Waals surface area (Å²) in [6, 6.07) is 21.3. The van der Waals surface area contributed by atoms with Gasteiger partial charge in [-0.1, -0.05) is 42.5 Å². The largest absolute Gasteiger partial charge is 0.348 e. The Morgan fingerprint density at radius 3 is 2.70 bits per heavy atom. The van der Waals surface area contributed by atoms with Gasteiger partial charge in [0, 0.05) is 30.4 Å². The molecule has 0 saturated heterocycles. The number of hydrogen-bond donors (Lipinski definition) is 1. The van der Waals surface area contributed by atoms with Gasteiger partial charge in [-0.25, -0.2) is 9.97 Å². The lowest BCUT2D eigenvalue weighted by atomic mass is 10.1. The van der Waals surface area contributed by atoms with E-state index in [2.05, 4.69) is 21.8 Å². The van der Waals surface area contributed by atoms with Crippen LogP contribution in [0.1, 0.15) is 22.8 Å². The lowest BCUT2D eigenvalue weighted by Gasteiger charge is -2.08. The van der Waals surface area contributed by atoms with Crippen molar-refractivity contribution in [3.8, 4) is 11.4 Å². The average Bonchev–Trinajstić information content (AvgIpc) is 3.11. The summed E-state index contributed by atoms with van der Waals surface area (Å²) >= 11 is 0. The van der Waals surface area contributed by atoms with Crippen molar-refractivity contribution in [3.63, 3.8) is 0 Å². The summed E-state index contributed by atoms with van der Waals surface area (Å²) in [6.45, 7) is 3.32. The third-order valence-electron chi connectivity index (χ3n) is 4.50. The molecule has 0 radical (unpaired) electrons. The Bertz CT molecular complexity index is 1090. The molecule has 0 unspecified atom stereocenters. The van der Waals surface area contributed by atoms with E-state index in [-0.39, 0.29) is 5.91 Å². The van der Waals surface area contributed by atoms with Gasteiger partial charge in [-0.15, -0.1) is 0 Å². The van der Waals surface area contributed by atoms with Gasteiger partial charge in [-0.2, -0.15) is 0 Å². The van der Waals surface area contributed by atoms with Crippen LogP contribution in [-0.2, 0) is 13.1 Å². The van der Waals surface area contributed by atoms with Gasteiger partial charge in [0.15, 0.2) is 5.65 Å². The summed E-state index contributed by atoms with van der Waals surface area (Å²) in [5.41, 5.74) is 4.30. The molecule has 0 aliphatic carbocycles. The lowest BCUT2D eigenvalue weighted by molar-refractivity contribution is 0.0951. The van der Waals surface area contributed by atoms with Crippen molar-refractivity contribution >= 4 is 17.1 Å². The molecule has 4 aromatic rings. The van der Waals surface area contributed by atoms with E-state index >= 15 is 0 Å².